The molecule has 2 heterocycles. The number of amides is 1. The summed E-state index contributed by atoms with van der Waals surface area (Å²) in [5.74, 6) is 0.785. The third-order valence-corrected chi connectivity index (χ3v) is 6.51. The van der Waals surface area contributed by atoms with Crippen LogP contribution < -0.4 is 16.1 Å². The van der Waals surface area contributed by atoms with Gasteiger partial charge >= 0.3 is 7.12 Å². The maximum Gasteiger partial charge on any atom is 0.494 e. The van der Waals surface area contributed by atoms with Crippen LogP contribution in [0.25, 0.3) is 10.9 Å². The van der Waals surface area contributed by atoms with Crippen LogP contribution in [0, 0.1) is 5.92 Å². The van der Waals surface area contributed by atoms with Crippen molar-refractivity contribution < 1.29 is 14.1 Å². The summed E-state index contributed by atoms with van der Waals surface area (Å²) >= 11 is 0. The minimum Gasteiger partial charge on any atom is -0.399 e. The molecule has 0 bridgehead atoms. The maximum absolute atomic E-state index is 11.8. The quantitative estimate of drug-likeness (QED) is 0.772. The smallest absolute Gasteiger partial charge is 0.399 e. The highest BCUT2D eigenvalue weighted by molar-refractivity contribution is 6.62. The molecular formula is C21H29BN4O3. The first kappa shape index (κ1) is 20.1. The van der Waals surface area contributed by atoms with Gasteiger partial charge in [0, 0.05) is 30.6 Å². The van der Waals surface area contributed by atoms with Gasteiger partial charge in [-0.15, -0.1) is 0 Å². The van der Waals surface area contributed by atoms with Gasteiger partial charge in [0.25, 0.3) is 0 Å². The van der Waals surface area contributed by atoms with E-state index in [9.17, 15) is 4.79 Å². The van der Waals surface area contributed by atoms with Gasteiger partial charge in [-0.1, -0.05) is 12.1 Å². The van der Waals surface area contributed by atoms with E-state index in [1.807, 2.05) is 52.1 Å². The molecule has 2 N–H and O–H groups in total. The number of carbonyl (C=O) groups is 1. The van der Waals surface area contributed by atoms with Crippen LogP contribution in [0.15, 0.2) is 24.4 Å². The Morgan fingerprint density at radius 3 is 2.59 bits per heavy atom. The van der Waals surface area contributed by atoms with E-state index in [-0.39, 0.29) is 29.1 Å². The van der Waals surface area contributed by atoms with Crippen molar-refractivity contribution in [3.8, 4) is 0 Å². The predicted molar refractivity (Wildman–Crippen MR) is 114 cm³/mol. The summed E-state index contributed by atoms with van der Waals surface area (Å²) < 4.78 is 12.3. The molecule has 7 nitrogen and oxygen atoms in total. The minimum atomic E-state index is -0.401. The number of carbonyl (C=O) groups excluding carboxylic acids is 1. The molecule has 29 heavy (non-hydrogen) atoms. The van der Waals surface area contributed by atoms with Crippen LogP contribution >= 0.6 is 0 Å². The second-order valence-electron chi connectivity index (χ2n) is 9.07. The molecule has 0 spiro atoms. The van der Waals surface area contributed by atoms with Crippen molar-refractivity contribution in [2.75, 3.05) is 12.4 Å². The van der Waals surface area contributed by atoms with Gasteiger partial charge in [0.1, 0.15) is 0 Å². The van der Waals surface area contributed by atoms with Crippen LogP contribution in [0.5, 0.6) is 0 Å². The third-order valence-electron chi connectivity index (χ3n) is 6.51. The molecule has 154 valence electrons. The summed E-state index contributed by atoms with van der Waals surface area (Å²) in [6.07, 6.45) is 4.47. The molecular weight excluding hydrogens is 367 g/mol. The Labute approximate surface area is 172 Å². The zero-order valence-electron chi connectivity index (χ0n) is 17.8. The third kappa shape index (κ3) is 3.83. The molecule has 2 aromatic rings. The number of hydrogen-bond donors (Lipinski definition) is 2. The molecule has 1 aliphatic carbocycles. The van der Waals surface area contributed by atoms with Crippen LogP contribution in [0.2, 0.25) is 0 Å². The number of benzene rings is 1. The van der Waals surface area contributed by atoms with E-state index in [0.29, 0.717) is 5.95 Å². The van der Waals surface area contributed by atoms with E-state index in [1.54, 1.807) is 7.05 Å². The molecule has 1 aromatic carbocycles. The molecule has 1 saturated heterocycles. The van der Waals surface area contributed by atoms with Crippen molar-refractivity contribution in [2.24, 2.45) is 5.92 Å². The lowest BCUT2D eigenvalue weighted by molar-refractivity contribution is -0.124. The molecule has 1 amide bonds. The number of anilines is 1. The molecule has 0 radical (unpaired) electrons. The average Bonchev–Trinajstić information content (AvgIpc) is 3.22. The highest BCUT2D eigenvalue weighted by Crippen LogP contribution is 2.36. The fraction of sp³-hybridized carbons (Fsp3) is 0.571. The van der Waals surface area contributed by atoms with E-state index < -0.39 is 7.12 Å². The van der Waals surface area contributed by atoms with Crippen LogP contribution in [-0.2, 0) is 14.1 Å². The average molecular weight is 396 g/mol. The van der Waals surface area contributed by atoms with Gasteiger partial charge in [-0.2, -0.15) is 0 Å². The summed E-state index contributed by atoms with van der Waals surface area (Å²) in [5.41, 5.74) is 1.09. The van der Waals surface area contributed by atoms with Gasteiger partial charge in [-0.3, -0.25) is 4.79 Å². The van der Waals surface area contributed by atoms with E-state index in [1.165, 1.54) is 0 Å². The van der Waals surface area contributed by atoms with Crippen molar-refractivity contribution >= 4 is 35.3 Å². The maximum atomic E-state index is 11.8. The van der Waals surface area contributed by atoms with E-state index in [0.717, 1.165) is 35.6 Å². The lowest BCUT2D eigenvalue weighted by Gasteiger charge is -2.32. The molecule has 2 atom stereocenters. The molecule has 2 fully saturated rings. The fourth-order valence-corrected chi connectivity index (χ4v) is 3.98. The summed E-state index contributed by atoms with van der Waals surface area (Å²) in [7, 11) is 1.29. The van der Waals surface area contributed by atoms with Crippen molar-refractivity contribution in [1.82, 2.24) is 15.3 Å². The molecule has 2 aliphatic rings. The molecule has 1 aromatic heterocycles. The summed E-state index contributed by atoms with van der Waals surface area (Å²) in [6, 6.07) is 6.22. The zero-order chi connectivity index (χ0) is 20.8. The standard InChI is InChI=1S/C21H29BN4O3/c1-20(2)21(3,4)29-22(28-20)15-7-9-17-14(10-15)12-24-19(26-17)25-16-8-6-13(11-16)18(27)23-5/h7,9-10,12-13,16H,6,8,11H2,1-5H3,(H,23,27)(H,24,25,26)/t13-,16-/m1/s1. The number of fused-ring (bicyclic) bond motifs is 1. The first-order chi connectivity index (χ1) is 13.7. The molecule has 0 unspecified atom stereocenters. The molecule has 8 heteroatoms. The lowest BCUT2D eigenvalue weighted by Crippen LogP contribution is -2.41. The van der Waals surface area contributed by atoms with E-state index >= 15 is 0 Å². The van der Waals surface area contributed by atoms with Gasteiger partial charge < -0.3 is 19.9 Å². The number of aromatic nitrogens is 2. The Kier molecular flexibility index (Phi) is 5.03. The Balaban J connectivity index is 1.48. The second kappa shape index (κ2) is 7.25. The van der Waals surface area contributed by atoms with Crippen LogP contribution in [-0.4, -0.2) is 47.3 Å². The Morgan fingerprint density at radius 2 is 1.90 bits per heavy atom. The van der Waals surface area contributed by atoms with Gasteiger partial charge in [0.15, 0.2) is 0 Å². The normalized spacial score (nSPS) is 25.3. The van der Waals surface area contributed by atoms with Gasteiger partial charge in [-0.25, -0.2) is 9.97 Å². The van der Waals surface area contributed by atoms with Crippen LogP contribution in [0.1, 0.15) is 47.0 Å². The van der Waals surface area contributed by atoms with E-state index in [2.05, 4.69) is 20.6 Å². The van der Waals surface area contributed by atoms with E-state index in [4.69, 9.17) is 9.31 Å². The lowest BCUT2D eigenvalue weighted by atomic mass is 9.78. The van der Waals surface area contributed by atoms with Gasteiger partial charge in [-0.05, 0) is 58.5 Å². The Morgan fingerprint density at radius 1 is 1.17 bits per heavy atom. The zero-order valence-corrected chi connectivity index (χ0v) is 17.8. The fourth-order valence-electron chi connectivity index (χ4n) is 3.98. The number of rotatable bonds is 4. The predicted octanol–water partition coefficient (Wildman–Crippen LogP) is 2.26. The number of hydrogen-bond acceptors (Lipinski definition) is 6. The van der Waals surface area contributed by atoms with Crippen molar-refractivity contribution in [2.45, 2.75) is 64.2 Å². The largest absolute Gasteiger partial charge is 0.494 e. The SMILES string of the molecule is CNC(=O)[C@@H]1CC[C@@H](Nc2ncc3cc(B4OC(C)(C)C(C)(C)O4)ccc3n2)C1. The Hall–Kier alpha value is -2.19. The summed E-state index contributed by atoms with van der Waals surface area (Å²) in [4.78, 5) is 20.9. The van der Waals surface area contributed by atoms with Crippen molar-refractivity contribution in [1.29, 1.82) is 0 Å². The summed E-state index contributed by atoms with van der Waals surface area (Å²) in [5, 5.41) is 7.06. The molecule has 1 aliphatic heterocycles. The highest BCUT2D eigenvalue weighted by Gasteiger charge is 2.51. The number of nitrogens with one attached hydrogen (secondary N) is 2. The first-order valence-corrected chi connectivity index (χ1v) is 10.3. The Bertz CT molecular complexity index is 917. The van der Waals surface area contributed by atoms with Crippen LogP contribution in [0.3, 0.4) is 0 Å². The highest BCUT2D eigenvalue weighted by atomic mass is 16.7. The van der Waals surface area contributed by atoms with Gasteiger partial charge in [0.05, 0.1) is 16.7 Å². The minimum absolute atomic E-state index is 0.0698. The van der Waals surface area contributed by atoms with Crippen LogP contribution in [0.4, 0.5) is 5.95 Å². The van der Waals surface area contributed by atoms with Gasteiger partial charge in [0.2, 0.25) is 11.9 Å². The topological polar surface area (TPSA) is 85.4 Å². The first-order valence-electron chi connectivity index (χ1n) is 10.3. The summed E-state index contributed by atoms with van der Waals surface area (Å²) in [6.45, 7) is 8.19. The number of nitrogens with zero attached hydrogens (tertiary/aromatic N) is 2. The molecule has 4 rings (SSSR count). The second-order valence-corrected chi connectivity index (χ2v) is 9.07. The van der Waals surface area contributed by atoms with Crippen molar-refractivity contribution in [3.63, 3.8) is 0 Å². The molecule has 1 saturated carbocycles. The monoisotopic (exact) mass is 396 g/mol. The van der Waals surface area contributed by atoms with Crippen molar-refractivity contribution in [3.05, 3.63) is 24.4 Å².